The Bertz CT molecular complexity index is 424. The fourth-order valence-electron chi connectivity index (χ4n) is 1.59. The van der Waals surface area contributed by atoms with Crippen molar-refractivity contribution < 1.29 is 9.53 Å². The Kier molecular flexibility index (Phi) is 3.76. The Morgan fingerprint density at radius 2 is 1.88 bits per heavy atom. The van der Waals surface area contributed by atoms with Crippen molar-refractivity contribution in [3.63, 3.8) is 0 Å². The lowest BCUT2D eigenvalue weighted by atomic mass is 9.99. The molecule has 0 aliphatic carbocycles. The number of hydrogen-bond donors (Lipinski definition) is 0. The fraction of sp³-hybridized carbons (Fsp3) is 0.462. The van der Waals surface area contributed by atoms with Gasteiger partial charge in [0.25, 0.3) is 0 Å². The zero-order chi connectivity index (χ0) is 12.6. The van der Waals surface area contributed by atoms with E-state index < -0.39 is 5.60 Å². The molecule has 1 aliphatic heterocycles. The summed E-state index contributed by atoms with van der Waals surface area (Å²) in [5.41, 5.74) is 1.73. The lowest BCUT2D eigenvalue weighted by molar-refractivity contribution is -0.122. The lowest BCUT2D eigenvalue weighted by Gasteiger charge is -2.18. The number of ether oxygens (including phenoxy) is 1. The number of benzene rings is 1. The van der Waals surface area contributed by atoms with Gasteiger partial charge in [-0.25, -0.2) is 0 Å². The van der Waals surface area contributed by atoms with Crippen LogP contribution in [0.25, 0.3) is 0 Å². The predicted molar refractivity (Wildman–Crippen MR) is 74.9 cm³/mol. The van der Waals surface area contributed by atoms with Crippen molar-refractivity contribution in [3.05, 3.63) is 35.4 Å². The summed E-state index contributed by atoms with van der Waals surface area (Å²) in [6.07, 6.45) is 0. The van der Waals surface area contributed by atoms with Crippen LogP contribution in [0.1, 0.15) is 22.9 Å². The molecule has 1 aromatic rings. The summed E-state index contributed by atoms with van der Waals surface area (Å²) < 4.78 is 5.18. The van der Waals surface area contributed by atoms with Crippen LogP contribution in [0.3, 0.4) is 0 Å². The van der Waals surface area contributed by atoms with Crippen LogP contribution in [0.5, 0.6) is 0 Å². The molecular weight excluding hydrogens is 348 g/mol. The molecule has 0 radical (unpaired) electrons. The lowest BCUT2D eigenvalue weighted by Crippen LogP contribution is -2.31. The third-order valence-electron chi connectivity index (χ3n) is 3.00. The van der Waals surface area contributed by atoms with E-state index in [2.05, 4.69) is 31.9 Å². The average molecular weight is 362 g/mol. The topological polar surface area (TPSA) is 29.6 Å². The third-order valence-corrected chi connectivity index (χ3v) is 5.71. The average Bonchev–Trinajstić information content (AvgIpc) is 3.07. The van der Waals surface area contributed by atoms with Gasteiger partial charge in [-0.2, -0.15) is 0 Å². The maximum atomic E-state index is 12.1. The van der Waals surface area contributed by atoms with Gasteiger partial charge in [-0.05, 0) is 19.4 Å². The van der Waals surface area contributed by atoms with Crippen LogP contribution in [-0.4, -0.2) is 22.8 Å². The second-order valence-corrected chi connectivity index (χ2v) is 6.57. The monoisotopic (exact) mass is 360 g/mol. The molecule has 1 fully saturated rings. The van der Waals surface area contributed by atoms with Crippen molar-refractivity contribution in [2.24, 2.45) is 0 Å². The van der Waals surface area contributed by atoms with E-state index in [0.29, 0.717) is 6.61 Å². The highest BCUT2D eigenvalue weighted by Gasteiger charge is 2.50. The van der Waals surface area contributed by atoms with Crippen LogP contribution >= 0.6 is 31.9 Å². The summed E-state index contributed by atoms with van der Waals surface area (Å²) >= 11 is 7.04. The normalized spacial score (nSPS) is 26.4. The summed E-state index contributed by atoms with van der Waals surface area (Å²) in [6.45, 7) is 4.41. The number of aryl methyl sites for hydroxylation is 1. The molecular formula is C13H14Br2O2. The van der Waals surface area contributed by atoms with E-state index in [9.17, 15) is 4.79 Å². The number of alkyl halides is 2. The Morgan fingerprint density at radius 1 is 1.35 bits per heavy atom. The van der Waals surface area contributed by atoms with Gasteiger partial charge in [0.2, 0.25) is 0 Å². The van der Waals surface area contributed by atoms with Gasteiger partial charge in [0, 0.05) is 0 Å². The Hall–Kier alpha value is -0.190. The number of Topliss-reactive ketones (excluding diaryl/α,β-unsaturated/α-hetero) is 1. The number of rotatable bonds is 4. The molecule has 0 N–H and O–H groups in total. The smallest absolute Gasteiger partial charge is 0.181 e. The molecule has 1 aliphatic rings. The van der Waals surface area contributed by atoms with Gasteiger partial charge in [-0.1, -0.05) is 61.7 Å². The van der Waals surface area contributed by atoms with Crippen molar-refractivity contribution in [3.8, 4) is 0 Å². The van der Waals surface area contributed by atoms with Gasteiger partial charge in [-0.15, -0.1) is 0 Å². The Balaban J connectivity index is 2.11. The van der Waals surface area contributed by atoms with E-state index in [1.165, 1.54) is 5.56 Å². The molecule has 0 bridgehead atoms. The number of hydrogen-bond acceptors (Lipinski definition) is 2. The molecule has 0 spiro atoms. The van der Waals surface area contributed by atoms with Crippen molar-refractivity contribution in [2.75, 3.05) is 6.61 Å². The molecule has 3 atom stereocenters. The van der Waals surface area contributed by atoms with E-state index in [0.717, 1.165) is 5.56 Å². The minimum Gasteiger partial charge on any atom is -0.362 e. The molecule has 0 amide bonds. The number of halogens is 2. The first kappa shape index (κ1) is 13.2. The van der Waals surface area contributed by atoms with Crippen LogP contribution in [0.4, 0.5) is 0 Å². The first-order chi connectivity index (χ1) is 7.94. The minimum atomic E-state index is -0.578. The quantitative estimate of drug-likeness (QED) is 0.606. The van der Waals surface area contributed by atoms with E-state index in [1.54, 1.807) is 0 Å². The second kappa shape index (κ2) is 4.82. The molecule has 92 valence electrons. The van der Waals surface area contributed by atoms with E-state index in [1.807, 2.05) is 38.1 Å². The van der Waals surface area contributed by atoms with Gasteiger partial charge in [0.05, 0.1) is 16.3 Å². The maximum Gasteiger partial charge on any atom is 0.181 e. The standard InChI is InChI=1S/C13H14Br2O2/c1-8-3-5-9(6-4-8)10(14)11(15)12(16)13(2)7-17-13/h3-6,10-11H,7H2,1-2H3/t10-,11-,13-/m0/s1. The minimum absolute atomic E-state index is 0.0309. The Labute approximate surface area is 118 Å². The SMILES string of the molecule is Cc1ccc([C@H](Br)[C@H](Br)C(=O)[C@]2(C)CO2)cc1. The number of epoxide rings is 1. The highest BCUT2D eigenvalue weighted by molar-refractivity contribution is 9.12. The first-order valence-electron chi connectivity index (χ1n) is 5.47. The molecule has 0 unspecified atom stereocenters. The van der Waals surface area contributed by atoms with Crippen LogP contribution < -0.4 is 0 Å². The van der Waals surface area contributed by atoms with Gasteiger partial charge in [-0.3, -0.25) is 4.79 Å². The second-order valence-electron chi connectivity index (χ2n) is 4.60. The molecule has 1 saturated heterocycles. The van der Waals surface area contributed by atoms with Crippen molar-refractivity contribution in [1.82, 2.24) is 0 Å². The van der Waals surface area contributed by atoms with Crippen molar-refractivity contribution in [2.45, 2.75) is 29.1 Å². The first-order valence-corrected chi connectivity index (χ1v) is 7.30. The number of ketones is 1. The molecule has 17 heavy (non-hydrogen) atoms. The molecule has 1 heterocycles. The van der Waals surface area contributed by atoms with Gasteiger partial charge in [0.15, 0.2) is 5.78 Å². The molecule has 1 aromatic carbocycles. The van der Waals surface area contributed by atoms with Crippen LogP contribution in [0.2, 0.25) is 0 Å². The third kappa shape index (κ3) is 2.80. The van der Waals surface area contributed by atoms with E-state index >= 15 is 0 Å². The largest absolute Gasteiger partial charge is 0.362 e. The molecule has 0 saturated carbocycles. The van der Waals surface area contributed by atoms with Crippen molar-refractivity contribution in [1.29, 1.82) is 0 Å². The summed E-state index contributed by atoms with van der Waals surface area (Å²) in [6, 6.07) is 8.16. The van der Waals surface area contributed by atoms with Crippen LogP contribution in [0, 0.1) is 6.92 Å². The number of carbonyl (C=O) groups excluding carboxylic acids is 1. The fourth-order valence-corrected chi connectivity index (χ4v) is 2.93. The highest BCUT2D eigenvalue weighted by Crippen LogP contribution is 2.38. The Morgan fingerprint density at radius 3 is 2.35 bits per heavy atom. The zero-order valence-electron chi connectivity index (χ0n) is 9.74. The molecule has 2 rings (SSSR count). The molecule has 4 heteroatoms. The molecule has 2 nitrogen and oxygen atoms in total. The summed E-state index contributed by atoms with van der Waals surface area (Å²) in [5, 5.41) is 0. The summed E-state index contributed by atoms with van der Waals surface area (Å²) in [7, 11) is 0. The van der Waals surface area contributed by atoms with Crippen LogP contribution in [-0.2, 0) is 9.53 Å². The van der Waals surface area contributed by atoms with Gasteiger partial charge < -0.3 is 4.74 Å². The van der Waals surface area contributed by atoms with Crippen LogP contribution in [0.15, 0.2) is 24.3 Å². The highest BCUT2D eigenvalue weighted by atomic mass is 79.9. The summed E-state index contributed by atoms with van der Waals surface area (Å²) in [4.78, 5) is 11.8. The van der Waals surface area contributed by atoms with E-state index in [-0.39, 0.29) is 15.4 Å². The zero-order valence-corrected chi connectivity index (χ0v) is 12.9. The van der Waals surface area contributed by atoms with Crippen molar-refractivity contribution >= 4 is 37.6 Å². The maximum absolute atomic E-state index is 12.1. The van der Waals surface area contributed by atoms with Gasteiger partial charge in [0.1, 0.15) is 5.60 Å². The van der Waals surface area contributed by atoms with Gasteiger partial charge >= 0.3 is 0 Å². The van der Waals surface area contributed by atoms with E-state index in [4.69, 9.17) is 4.74 Å². The molecule has 0 aromatic heterocycles. The summed E-state index contributed by atoms with van der Waals surface area (Å²) in [5.74, 6) is 0.0972. The predicted octanol–water partition coefficient (Wildman–Crippen LogP) is 3.55. The number of carbonyl (C=O) groups is 1.